The van der Waals surface area contributed by atoms with Crippen LogP contribution in [0.3, 0.4) is 0 Å². The molecule has 0 aliphatic carbocycles. The van der Waals surface area contributed by atoms with Crippen LogP contribution in [0.25, 0.3) is 34.2 Å². The Morgan fingerprint density at radius 3 is 2.33 bits per heavy atom. The van der Waals surface area contributed by atoms with Crippen LogP contribution >= 0.6 is 0 Å². The number of nitrogens with one attached hydrogen (secondary N) is 1. The molecule has 10 heteroatoms. The summed E-state index contributed by atoms with van der Waals surface area (Å²) in [6.45, 7) is 0. The number of nitrogens with zero attached hydrogens (tertiary/aromatic N) is 4. The lowest BCUT2D eigenvalue weighted by atomic mass is 10.2. The molecule has 1 aromatic carbocycles. The summed E-state index contributed by atoms with van der Waals surface area (Å²) >= 11 is 0. The van der Waals surface area contributed by atoms with E-state index < -0.39 is 12.1 Å². The molecule has 154 valence electrons. The van der Waals surface area contributed by atoms with Crippen molar-refractivity contribution in [1.29, 1.82) is 0 Å². The van der Waals surface area contributed by atoms with Gasteiger partial charge in [-0.15, -0.1) is 0 Å². The number of aliphatic carboxylic acids is 1. The van der Waals surface area contributed by atoms with Gasteiger partial charge in [-0.3, -0.25) is 4.98 Å². The van der Waals surface area contributed by atoms with Crippen LogP contribution in [0.5, 0.6) is 0 Å². The van der Waals surface area contributed by atoms with Gasteiger partial charge in [0.2, 0.25) is 0 Å². The number of rotatable bonds is 3. The van der Waals surface area contributed by atoms with Crippen LogP contribution < -0.4 is 0 Å². The normalized spacial score (nSPS) is 10.9. The molecule has 0 bridgehead atoms. The zero-order valence-electron chi connectivity index (χ0n) is 15.6. The van der Waals surface area contributed by atoms with E-state index >= 15 is 0 Å². The molecule has 0 amide bonds. The van der Waals surface area contributed by atoms with Gasteiger partial charge < -0.3 is 14.7 Å². The van der Waals surface area contributed by atoms with E-state index in [9.17, 15) is 13.2 Å². The van der Waals surface area contributed by atoms with Crippen LogP contribution in [0.4, 0.5) is 13.2 Å². The minimum absolute atomic E-state index is 0.750. The molecule has 3 aromatic heterocycles. The highest BCUT2D eigenvalue weighted by Crippen LogP contribution is 2.24. The molecular weight excluding hydrogens is 399 g/mol. The molecule has 0 saturated carbocycles. The fraction of sp³-hybridized carbons (Fsp3) is 0.100. The van der Waals surface area contributed by atoms with E-state index in [0.29, 0.717) is 0 Å². The number of aromatic amines is 1. The highest BCUT2D eigenvalue weighted by Gasteiger charge is 2.38. The van der Waals surface area contributed by atoms with Crippen molar-refractivity contribution in [2.75, 3.05) is 0 Å². The zero-order chi connectivity index (χ0) is 21.7. The van der Waals surface area contributed by atoms with E-state index in [-0.39, 0.29) is 0 Å². The summed E-state index contributed by atoms with van der Waals surface area (Å²) in [5.74, 6) is -1.10. The van der Waals surface area contributed by atoms with Gasteiger partial charge in [0.25, 0.3) is 0 Å². The fourth-order valence-corrected chi connectivity index (χ4v) is 2.56. The molecule has 0 fully saturated rings. The quantitative estimate of drug-likeness (QED) is 0.523. The summed E-state index contributed by atoms with van der Waals surface area (Å²) in [5, 5.41) is 7.12. The molecule has 2 N–H and O–H groups in total. The monoisotopic (exact) mass is 415 g/mol. The molecule has 7 nitrogen and oxygen atoms in total. The summed E-state index contributed by atoms with van der Waals surface area (Å²) in [7, 11) is 1.98. The third kappa shape index (κ3) is 4.90. The van der Waals surface area contributed by atoms with Gasteiger partial charge in [-0.2, -0.15) is 13.2 Å². The Labute approximate surface area is 168 Å². The Hall–Kier alpha value is -3.95. The SMILES string of the molecule is Cn1ccnc1-c1ccnc(-c2ncc(-c3ccccc3)[nH]2)c1.O=C(O)C(F)(F)F. The molecule has 4 aromatic rings. The maximum atomic E-state index is 10.6. The van der Waals surface area contributed by atoms with Crippen LogP contribution in [0.2, 0.25) is 0 Å². The number of benzene rings is 1. The number of aryl methyl sites for hydroxylation is 1. The minimum Gasteiger partial charge on any atom is -0.475 e. The van der Waals surface area contributed by atoms with E-state index in [4.69, 9.17) is 9.90 Å². The van der Waals surface area contributed by atoms with E-state index in [2.05, 4.69) is 32.1 Å². The van der Waals surface area contributed by atoms with Crippen molar-refractivity contribution in [3.63, 3.8) is 0 Å². The summed E-state index contributed by atoms with van der Waals surface area (Å²) in [6.07, 6.45) is 2.25. The molecule has 0 spiro atoms. The number of alkyl halides is 3. The molecule has 0 radical (unpaired) electrons. The average molecular weight is 415 g/mol. The number of hydrogen-bond donors (Lipinski definition) is 2. The van der Waals surface area contributed by atoms with Crippen molar-refractivity contribution >= 4 is 5.97 Å². The number of carbonyl (C=O) groups is 1. The van der Waals surface area contributed by atoms with Gasteiger partial charge >= 0.3 is 12.1 Å². The highest BCUT2D eigenvalue weighted by molar-refractivity contribution is 5.73. The van der Waals surface area contributed by atoms with Crippen LogP contribution in [0, 0.1) is 0 Å². The second kappa shape index (κ2) is 8.60. The predicted octanol–water partition coefficient (Wildman–Crippen LogP) is 4.17. The maximum absolute atomic E-state index is 10.6. The number of imidazole rings is 2. The first-order valence-electron chi connectivity index (χ1n) is 8.60. The molecule has 0 aliphatic rings. The number of carboxylic acid groups (broad SMARTS) is 1. The Morgan fingerprint density at radius 2 is 1.73 bits per heavy atom. The zero-order valence-corrected chi connectivity index (χ0v) is 15.6. The lowest BCUT2D eigenvalue weighted by Crippen LogP contribution is -2.21. The van der Waals surface area contributed by atoms with Crippen LogP contribution in [-0.4, -0.2) is 41.8 Å². The van der Waals surface area contributed by atoms with E-state index in [1.165, 1.54) is 0 Å². The summed E-state index contributed by atoms with van der Waals surface area (Å²) < 4.78 is 33.7. The Morgan fingerprint density at radius 1 is 1.03 bits per heavy atom. The van der Waals surface area contributed by atoms with E-state index in [1.54, 1.807) is 12.4 Å². The van der Waals surface area contributed by atoms with Gasteiger partial charge in [0.1, 0.15) is 11.5 Å². The highest BCUT2D eigenvalue weighted by atomic mass is 19.4. The lowest BCUT2D eigenvalue weighted by Gasteiger charge is -2.03. The lowest BCUT2D eigenvalue weighted by molar-refractivity contribution is -0.192. The van der Waals surface area contributed by atoms with E-state index in [1.807, 2.05) is 54.3 Å². The first kappa shape index (κ1) is 20.8. The smallest absolute Gasteiger partial charge is 0.475 e. The second-order valence-corrected chi connectivity index (χ2v) is 6.11. The van der Waals surface area contributed by atoms with Crippen molar-refractivity contribution in [2.24, 2.45) is 7.05 Å². The van der Waals surface area contributed by atoms with Crippen LogP contribution in [-0.2, 0) is 11.8 Å². The van der Waals surface area contributed by atoms with Crippen molar-refractivity contribution in [3.8, 4) is 34.2 Å². The molecule has 0 aliphatic heterocycles. The number of carboxylic acids is 1. The van der Waals surface area contributed by atoms with E-state index in [0.717, 1.165) is 34.2 Å². The number of H-pyrrole nitrogens is 1. The maximum Gasteiger partial charge on any atom is 0.490 e. The van der Waals surface area contributed by atoms with Gasteiger partial charge in [-0.25, -0.2) is 14.8 Å². The van der Waals surface area contributed by atoms with Crippen LogP contribution in [0.15, 0.2) is 67.3 Å². The van der Waals surface area contributed by atoms with Gasteiger partial charge in [-0.05, 0) is 17.7 Å². The number of aromatic nitrogens is 5. The number of hydrogen-bond acceptors (Lipinski definition) is 4. The van der Waals surface area contributed by atoms with Crippen molar-refractivity contribution < 1.29 is 23.1 Å². The van der Waals surface area contributed by atoms with Gasteiger partial charge in [-0.1, -0.05) is 30.3 Å². The molecule has 30 heavy (non-hydrogen) atoms. The standard InChI is InChI=1S/C18H15N5.C2HF3O2/c1-23-10-9-20-18(23)14-7-8-19-15(11-14)17-21-12-16(22-17)13-5-3-2-4-6-13;3-2(4,5)1(6)7/h2-12H,1H3,(H,21,22);(H,6,7). The summed E-state index contributed by atoms with van der Waals surface area (Å²) in [5.41, 5.74) is 3.89. The number of halogens is 3. The molecular formula is C20H16F3N5O2. The molecule has 0 unspecified atom stereocenters. The Bertz CT molecular complexity index is 1140. The third-order valence-electron chi connectivity index (χ3n) is 3.99. The van der Waals surface area contributed by atoms with Crippen molar-refractivity contribution in [1.82, 2.24) is 24.5 Å². The van der Waals surface area contributed by atoms with Crippen molar-refractivity contribution in [2.45, 2.75) is 6.18 Å². The Balaban J connectivity index is 0.000000318. The molecule has 0 atom stereocenters. The topological polar surface area (TPSA) is 96.7 Å². The van der Waals surface area contributed by atoms with Gasteiger partial charge in [0.15, 0.2) is 5.82 Å². The molecule has 3 heterocycles. The van der Waals surface area contributed by atoms with Crippen molar-refractivity contribution in [3.05, 3.63) is 67.3 Å². The summed E-state index contributed by atoms with van der Waals surface area (Å²) in [6, 6.07) is 14.1. The minimum atomic E-state index is -5.08. The first-order chi connectivity index (χ1) is 14.3. The van der Waals surface area contributed by atoms with Crippen LogP contribution in [0.1, 0.15) is 0 Å². The second-order valence-electron chi connectivity index (χ2n) is 6.11. The molecule has 0 saturated heterocycles. The van der Waals surface area contributed by atoms with Gasteiger partial charge in [0, 0.05) is 31.2 Å². The number of pyridine rings is 1. The first-order valence-corrected chi connectivity index (χ1v) is 8.60. The average Bonchev–Trinajstić information content (AvgIpc) is 3.38. The fourth-order valence-electron chi connectivity index (χ4n) is 2.56. The summed E-state index contributed by atoms with van der Waals surface area (Å²) in [4.78, 5) is 25.5. The Kier molecular flexibility index (Phi) is 5.95. The molecule has 4 rings (SSSR count). The van der Waals surface area contributed by atoms with Gasteiger partial charge in [0.05, 0.1) is 11.9 Å². The largest absolute Gasteiger partial charge is 0.490 e. The third-order valence-corrected chi connectivity index (χ3v) is 3.99. The predicted molar refractivity (Wildman–Crippen MR) is 103 cm³/mol.